The van der Waals surface area contributed by atoms with Crippen LogP contribution in [0.25, 0.3) is 0 Å². The summed E-state index contributed by atoms with van der Waals surface area (Å²) in [6.45, 7) is 0.534. The summed E-state index contributed by atoms with van der Waals surface area (Å²) in [6.07, 6.45) is 1.69. The molecule has 0 radical (unpaired) electrons. The molecule has 0 N–H and O–H groups in total. The Balaban J connectivity index is 2.28. The van der Waals surface area contributed by atoms with E-state index in [0.29, 0.717) is 6.54 Å². The minimum Gasteiger partial charge on any atom is -0.268 e. The average Bonchev–Trinajstić information content (AvgIpc) is 2.56. The zero-order chi connectivity index (χ0) is 10.8. The third-order valence-electron chi connectivity index (χ3n) is 1.76. The molecule has 6 heteroatoms. The van der Waals surface area contributed by atoms with Gasteiger partial charge in [0.05, 0.1) is 12.7 Å². The van der Waals surface area contributed by atoms with Crippen LogP contribution in [0, 0.1) is 3.57 Å². The van der Waals surface area contributed by atoms with E-state index in [4.69, 9.17) is 0 Å². The molecular formula is C9H6BrIN2OS. The maximum atomic E-state index is 11.5. The fraction of sp³-hybridized carbons (Fsp3) is 0.111. The van der Waals surface area contributed by atoms with E-state index >= 15 is 0 Å². The molecule has 0 amide bonds. The van der Waals surface area contributed by atoms with Gasteiger partial charge in [-0.05, 0) is 44.6 Å². The van der Waals surface area contributed by atoms with Crippen LogP contribution < -0.4 is 5.56 Å². The number of hydrogen-bond acceptors (Lipinski definition) is 3. The van der Waals surface area contributed by atoms with E-state index < -0.39 is 0 Å². The highest BCUT2D eigenvalue weighted by atomic mass is 127. The first-order valence-electron chi connectivity index (χ1n) is 4.11. The van der Waals surface area contributed by atoms with Crippen molar-refractivity contribution in [2.75, 3.05) is 0 Å². The summed E-state index contributed by atoms with van der Waals surface area (Å²) in [4.78, 5) is 12.6. The van der Waals surface area contributed by atoms with E-state index in [1.165, 1.54) is 4.68 Å². The van der Waals surface area contributed by atoms with Crippen molar-refractivity contribution in [2.45, 2.75) is 6.54 Å². The predicted octanol–water partition coefficient (Wildman–Crippen LogP) is 2.72. The van der Waals surface area contributed by atoms with E-state index in [-0.39, 0.29) is 5.56 Å². The monoisotopic (exact) mass is 396 g/mol. The predicted molar refractivity (Wildman–Crippen MR) is 72.3 cm³/mol. The SMILES string of the molecule is O=c1cc(I)cnn1Cc1cc(Br)cs1. The first-order chi connectivity index (χ1) is 7.15. The van der Waals surface area contributed by atoms with Crippen LogP contribution in [-0.2, 0) is 6.54 Å². The van der Waals surface area contributed by atoms with Crippen LogP contribution >= 0.6 is 49.9 Å². The molecule has 0 saturated carbocycles. The lowest BCUT2D eigenvalue weighted by atomic mass is 10.4. The second kappa shape index (κ2) is 4.75. The third kappa shape index (κ3) is 2.88. The van der Waals surface area contributed by atoms with Crippen molar-refractivity contribution in [1.82, 2.24) is 9.78 Å². The van der Waals surface area contributed by atoms with Crippen molar-refractivity contribution in [3.05, 3.63) is 47.0 Å². The molecule has 2 aromatic heterocycles. The van der Waals surface area contributed by atoms with Crippen molar-refractivity contribution >= 4 is 49.9 Å². The summed E-state index contributed by atoms with van der Waals surface area (Å²) in [5.74, 6) is 0. The third-order valence-corrected chi connectivity index (χ3v) is 4.04. The molecule has 0 bridgehead atoms. The van der Waals surface area contributed by atoms with Crippen molar-refractivity contribution in [2.24, 2.45) is 0 Å². The smallest absolute Gasteiger partial charge is 0.268 e. The summed E-state index contributed by atoms with van der Waals surface area (Å²) in [7, 11) is 0. The van der Waals surface area contributed by atoms with Gasteiger partial charge in [-0.15, -0.1) is 11.3 Å². The van der Waals surface area contributed by atoms with Gasteiger partial charge in [0.2, 0.25) is 0 Å². The van der Waals surface area contributed by atoms with Gasteiger partial charge in [-0.2, -0.15) is 5.10 Å². The van der Waals surface area contributed by atoms with Crippen molar-refractivity contribution in [3.8, 4) is 0 Å². The molecule has 0 fully saturated rings. The number of thiophene rings is 1. The Morgan fingerprint density at radius 2 is 2.33 bits per heavy atom. The van der Waals surface area contributed by atoms with Gasteiger partial charge in [-0.3, -0.25) is 4.79 Å². The first kappa shape index (κ1) is 11.3. The Kier molecular flexibility index (Phi) is 3.57. The molecule has 78 valence electrons. The summed E-state index contributed by atoms with van der Waals surface area (Å²) in [6, 6.07) is 3.58. The molecule has 15 heavy (non-hydrogen) atoms. The van der Waals surface area contributed by atoms with Gasteiger partial charge in [0.15, 0.2) is 0 Å². The highest BCUT2D eigenvalue weighted by Gasteiger charge is 2.02. The summed E-state index contributed by atoms with van der Waals surface area (Å²) in [5.41, 5.74) is -0.0635. The average molecular weight is 397 g/mol. The van der Waals surface area contributed by atoms with Gasteiger partial charge in [0.1, 0.15) is 0 Å². The molecule has 2 heterocycles. The molecule has 0 saturated heterocycles. The van der Waals surface area contributed by atoms with Crippen LogP contribution in [0.3, 0.4) is 0 Å². The molecule has 0 aliphatic rings. The Bertz CT molecular complexity index is 537. The zero-order valence-electron chi connectivity index (χ0n) is 7.48. The Labute approximate surface area is 112 Å². The van der Waals surface area contributed by atoms with Crippen molar-refractivity contribution in [1.29, 1.82) is 0 Å². The minimum absolute atomic E-state index is 0.0635. The van der Waals surface area contributed by atoms with Crippen LogP contribution in [0.2, 0.25) is 0 Å². The maximum absolute atomic E-state index is 11.5. The largest absolute Gasteiger partial charge is 0.268 e. The Morgan fingerprint density at radius 3 is 2.93 bits per heavy atom. The molecule has 0 unspecified atom stereocenters. The molecule has 0 spiro atoms. The van der Waals surface area contributed by atoms with Gasteiger partial charge >= 0.3 is 0 Å². The lowest BCUT2D eigenvalue weighted by Crippen LogP contribution is -2.22. The Hall–Kier alpha value is -0.210. The second-order valence-electron chi connectivity index (χ2n) is 2.90. The van der Waals surface area contributed by atoms with E-state index in [2.05, 4.69) is 43.6 Å². The van der Waals surface area contributed by atoms with Crippen LogP contribution in [0.5, 0.6) is 0 Å². The van der Waals surface area contributed by atoms with Crippen LogP contribution in [0.15, 0.2) is 33.0 Å². The number of hydrogen-bond donors (Lipinski definition) is 0. The van der Waals surface area contributed by atoms with E-state index in [1.807, 2.05) is 11.4 Å². The number of aromatic nitrogens is 2. The molecule has 2 rings (SSSR count). The number of rotatable bonds is 2. The second-order valence-corrected chi connectivity index (χ2v) is 6.06. The molecule has 0 atom stereocenters. The first-order valence-corrected chi connectivity index (χ1v) is 6.86. The number of nitrogens with zero attached hydrogens (tertiary/aromatic N) is 2. The molecular weight excluding hydrogens is 391 g/mol. The molecule has 0 aromatic carbocycles. The molecule has 0 aliphatic carbocycles. The maximum Gasteiger partial charge on any atom is 0.268 e. The standard InChI is InChI=1S/C9H6BrIN2OS/c10-6-1-8(15-5-6)4-13-9(14)2-7(11)3-12-13/h1-3,5H,4H2. The van der Waals surface area contributed by atoms with Crippen LogP contribution in [0.4, 0.5) is 0 Å². The summed E-state index contributed by atoms with van der Waals surface area (Å²) in [5, 5.41) is 6.06. The topological polar surface area (TPSA) is 34.9 Å². The molecule has 0 aliphatic heterocycles. The van der Waals surface area contributed by atoms with Crippen LogP contribution in [-0.4, -0.2) is 9.78 Å². The fourth-order valence-electron chi connectivity index (χ4n) is 1.11. The minimum atomic E-state index is -0.0635. The summed E-state index contributed by atoms with van der Waals surface area (Å²) < 4.78 is 3.36. The van der Waals surface area contributed by atoms with Gasteiger partial charge in [-0.25, -0.2) is 4.68 Å². The van der Waals surface area contributed by atoms with E-state index in [9.17, 15) is 4.79 Å². The lowest BCUT2D eigenvalue weighted by Gasteiger charge is -2.01. The number of halogens is 2. The molecule has 2 aromatic rings. The van der Waals surface area contributed by atoms with Crippen molar-refractivity contribution in [3.63, 3.8) is 0 Å². The van der Waals surface area contributed by atoms with Gasteiger partial charge in [-0.1, -0.05) is 0 Å². The zero-order valence-corrected chi connectivity index (χ0v) is 12.0. The molecule has 3 nitrogen and oxygen atoms in total. The normalized spacial score (nSPS) is 10.5. The van der Waals surface area contributed by atoms with Gasteiger partial charge in [0.25, 0.3) is 5.56 Å². The fourth-order valence-corrected chi connectivity index (χ4v) is 2.94. The van der Waals surface area contributed by atoms with Crippen LogP contribution in [0.1, 0.15) is 4.88 Å². The van der Waals surface area contributed by atoms with Gasteiger partial charge in [0, 0.05) is 24.4 Å². The lowest BCUT2D eigenvalue weighted by molar-refractivity contribution is 0.643. The summed E-state index contributed by atoms with van der Waals surface area (Å²) >= 11 is 7.06. The quantitative estimate of drug-likeness (QED) is 0.731. The van der Waals surface area contributed by atoms with Crippen molar-refractivity contribution < 1.29 is 0 Å². The highest BCUT2D eigenvalue weighted by molar-refractivity contribution is 14.1. The Morgan fingerprint density at radius 1 is 1.53 bits per heavy atom. The van der Waals surface area contributed by atoms with E-state index in [0.717, 1.165) is 12.9 Å². The van der Waals surface area contributed by atoms with Gasteiger partial charge < -0.3 is 0 Å². The highest BCUT2D eigenvalue weighted by Crippen LogP contribution is 2.19. The van der Waals surface area contributed by atoms with E-state index in [1.54, 1.807) is 23.6 Å².